The molecule has 0 spiro atoms. The standard InChI is InChI=1S/C15H20F2N2O2/c1-10(15(20)19-5-3-2-4-6-19)21-14-12(16)7-11(9-18)8-13(14)17/h7-8,10H,2-6,9,18H2,1H3. The molecule has 6 heteroatoms. The summed E-state index contributed by atoms with van der Waals surface area (Å²) in [5.74, 6) is -2.44. The van der Waals surface area contributed by atoms with E-state index in [0.717, 1.165) is 31.4 Å². The molecule has 116 valence electrons. The van der Waals surface area contributed by atoms with E-state index in [1.165, 1.54) is 6.92 Å². The molecule has 1 aliphatic heterocycles. The lowest BCUT2D eigenvalue weighted by Crippen LogP contribution is -2.43. The molecule has 0 saturated carbocycles. The fraction of sp³-hybridized carbons (Fsp3) is 0.533. The molecule has 1 aliphatic rings. The molecule has 2 rings (SSSR count). The Bertz CT molecular complexity index is 493. The Morgan fingerprint density at radius 2 is 1.86 bits per heavy atom. The molecule has 2 N–H and O–H groups in total. The summed E-state index contributed by atoms with van der Waals surface area (Å²) in [6, 6.07) is 2.24. The molecule has 1 amide bonds. The van der Waals surface area contributed by atoms with Crippen molar-refractivity contribution in [2.45, 2.75) is 38.8 Å². The van der Waals surface area contributed by atoms with Crippen molar-refractivity contribution in [1.82, 2.24) is 4.90 Å². The van der Waals surface area contributed by atoms with Crippen LogP contribution in [-0.4, -0.2) is 30.0 Å². The number of ether oxygens (including phenoxy) is 1. The Morgan fingerprint density at radius 1 is 1.29 bits per heavy atom. The first kappa shape index (κ1) is 15.7. The Morgan fingerprint density at radius 3 is 2.38 bits per heavy atom. The summed E-state index contributed by atoms with van der Waals surface area (Å²) in [5.41, 5.74) is 5.69. The maximum Gasteiger partial charge on any atom is 0.263 e. The molecule has 0 aliphatic carbocycles. The molecular weight excluding hydrogens is 278 g/mol. The minimum atomic E-state index is -0.921. The van der Waals surface area contributed by atoms with Gasteiger partial charge < -0.3 is 15.4 Å². The van der Waals surface area contributed by atoms with Gasteiger partial charge in [-0.15, -0.1) is 0 Å². The lowest BCUT2D eigenvalue weighted by atomic mass is 10.1. The highest BCUT2D eigenvalue weighted by molar-refractivity contribution is 5.81. The Balaban J connectivity index is 2.08. The molecule has 1 unspecified atom stereocenters. The SMILES string of the molecule is CC(Oc1c(F)cc(CN)cc1F)C(=O)N1CCCCC1. The van der Waals surface area contributed by atoms with Crippen LogP contribution < -0.4 is 10.5 Å². The number of likely N-dealkylation sites (tertiary alicyclic amines) is 1. The largest absolute Gasteiger partial charge is 0.475 e. The summed E-state index contributed by atoms with van der Waals surface area (Å²) < 4.78 is 32.8. The van der Waals surface area contributed by atoms with Gasteiger partial charge in [0.2, 0.25) is 0 Å². The van der Waals surface area contributed by atoms with Crippen molar-refractivity contribution in [3.63, 3.8) is 0 Å². The minimum Gasteiger partial charge on any atom is -0.475 e. The van der Waals surface area contributed by atoms with Crippen molar-refractivity contribution in [3.8, 4) is 5.75 Å². The van der Waals surface area contributed by atoms with Crippen LogP contribution in [0.1, 0.15) is 31.7 Å². The van der Waals surface area contributed by atoms with E-state index in [4.69, 9.17) is 10.5 Å². The van der Waals surface area contributed by atoms with Gasteiger partial charge in [-0.25, -0.2) is 8.78 Å². The smallest absolute Gasteiger partial charge is 0.263 e. The molecule has 0 bridgehead atoms. The third kappa shape index (κ3) is 3.69. The van der Waals surface area contributed by atoms with E-state index in [9.17, 15) is 13.6 Å². The number of benzene rings is 1. The number of rotatable bonds is 4. The summed E-state index contributed by atoms with van der Waals surface area (Å²) in [4.78, 5) is 13.9. The van der Waals surface area contributed by atoms with E-state index in [1.807, 2.05) is 0 Å². The third-order valence-corrected chi connectivity index (χ3v) is 3.60. The van der Waals surface area contributed by atoms with Crippen LogP contribution in [0.5, 0.6) is 5.75 Å². The molecule has 1 fully saturated rings. The van der Waals surface area contributed by atoms with Crippen LogP contribution in [0.4, 0.5) is 8.78 Å². The first-order valence-corrected chi connectivity index (χ1v) is 7.16. The van der Waals surface area contributed by atoms with Gasteiger partial charge in [0.25, 0.3) is 5.91 Å². The van der Waals surface area contributed by atoms with Crippen molar-refractivity contribution < 1.29 is 18.3 Å². The molecule has 0 aromatic heterocycles. The average Bonchev–Trinajstić information content (AvgIpc) is 2.50. The van der Waals surface area contributed by atoms with E-state index in [-0.39, 0.29) is 12.5 Å². The Labute approximate surface area is 122 Å². The number of nitrogens with zero attached hydrogens (tertiary/aromatic N) is 1. The molecule has 1 atom stereocenters. The van der Waals surface area contributed by atoms with Crippen LogP contribution in [0.15, 0.2) is 12.1 Å². The van der Waals surface area contributed by atoms with Crippen LogP contribution in [0.25, 0.3) is 0 Å². The first-order valence-electron chi connectivity index (χ1n) is 7.16. The van der Waals surface area contributed by atoms with Gasteiger partial charge in [0.15, 0.2) is 23.5 Å². The number of carbonyl (C=O) groups is 1. The van der Waals surface area contributed by atoms with Crippen molar-refractivity contribution >= 4 is 5.91 Å². The molecule has 1 heterocycles. The summed E-state index contributed by atoms with van der Waals surface area (Å²) in [6.07, 6.45) is 2.08. The van der Waals surface area contributed by atoms with Gasteiger partial charge in [0.1, 0.15) is 0 Å². The maximum atomic E-state index is 13.8. The number of amides is 1. The van der Waals surface area contributed by atoms with Crippen LogP contribution >= 0.6 is 0 Å². The van der Waals surface area contributed by atoms with E-state index >= 15 is 0 Å². The average molecular weight is 298 g/mol. The fourth-order valence-corrected chi connectivity index (χ4v) is 2.44. The summed E-state index contributed by atoms with van der Waals surface area (Å²) in [7, 11) is 0. The lowest BCUT2D eigenvalue weighted by molar-refractivity contribution is -0.139. The zero-order valence-corrected chi connectivity index (χ0v) is 12.1. The van der Waals surface area contributed by atoms with Gasteiger partial charge in [-0.2, -0.15) is 0 Å². The van der Waals surface area contributed by atoms with Crippen LogP contribution in [0.2, 0.25) is 0 Å². The number of hydrogen-bond acceptors (Lipinski definition) is 3. The lowest BCUT2D eigenvalue weighted by Gasteiger charge is -2.29. The normalized spacial score (nSPS) is 16.7. The Kier molecular flexibility index (Phi) is 5.12. The van der Waals surface area contributed by atoms with Gasteiger partial charge in [-0.05, 0) is 43.9 Å². The topological polar surface area (TPSA) is 55.6 Å². The highest BCUT2D eigenvalue weighted by Crippen LogP contribution is 2.25. The second-order valence-corrected chi connectivity index (χ2v) is 5.24. The summed E-state index contributed by atoms with van der Waals surface area (Å²) in [5, 5.41) is 0. The monoisotopic (exact) mass is 298 g/mol. The minimum absolute atomic E-state index is 0.0381. The predicted molar refractivity (Wildman–Crippen MR) is 74.8 cm³/mol. The maximum absolute atomic E-state index is 13.8. The predicted octanol–water partition coefficient (Wildman–Crippen LogP) is 2.20. The van der Waals surface area contributed by atoms with E-state index in [2.05, 4.69) is 0 Å². The number of piperidine rings is 1. The second kappa shape index (κ2) is 6.85. The van der Waals surface area contributed by atoms with Gasteiger partial charge in [0.05, 0.1) is 0 Å². The molecular formula is C15H20F2N2O2. The van der Waals surface area contributed by atoms with Crippen LogP contribution in [0, 0.1) is 11.6 Å². The van der Waals surface area contributed by atoms with Crippen LogP contribution in [-0.2, 0) is 11.3 Å². The van der Waals surface area contributed by atoms with Crippen molar-refractivity contribution in [2.75, 3.05) is 13.1 Å². The van der Waals surface area contributed by atoms with Crippen molar-refractivity contribution in [2.24, 2.45) is 5.73 Å². The molecule has 1 saturated heterocycles. The highest BCUT2D eigenvalue weighted by atomic mass is 19.1. The quantitative estimate of drug-likeness (QED) is 0.927. The number of hydrogen-bond donors (Lipinski definition) is 1. The molecule has 1 aromatic carbocycles. The summed E-state index contributed by atoms with van der Waals surface area (Å²) in [6.45, 7) is 2.89. The second-order valence-electron chi connectivity index (χ2n) is 5.24. The molecule has 0 radical (unpaired) electrons. The molecule has 1 aromatic rings. The van der Waals surface area contributed by atoms with Gasteiger partial charge >= 0.3 is 0 Å². The first-order chi connectivity index (χ1) is 10.0. The Hall–Kier alpha value is -1.69. The summed E-state index contributed by atoms with van der Waals surface area (Å²) >= 11 is 0. The zero-order valence-electron chi connectivity index (χ0n) is 12.1. The molecule has 4 nitrogen and oxygen atoms in total. The number of halogens is 2. The third-order valence-electron chi connectivity index (χ3n) is 3.60. The van der Waals surface area contributed by atoms with Gasteiger partial charge in [0, 0.05) is 19.6 Å². The zero-order chi connectivity index (χ0) is 15.4. The van der Waals surface area contributed by atoms with Gasteiger partial charge in [-0.1, -0.05) is 0 Å². The number of nitrogens with two attached hydrogens (primary N) is 1. The molecule has 21 heavy (non-hydrogen) atoms. The van der Waals surface area contributed by atoms with Crippen molar-refractivity contribution in [3.05, 3.63) is 29.3 Å². The van der Waals surface area contributed by atoms with E-state index < -0.39 is 23.5 Å². The fourth-order valence-electron chi connectivity index (χ4n) is 2.44. The van der Waals surface area contributed by atoms with E-state index in [1.54, 1.807) is 4.90 Å². The number of carbonyl (C=O) groups excluding carboxylic acids is 1. The van der Waals surface area contributed by atoms with Gasteiger partial charge in [-0.3, -0.25) is 4.79 Å². The van der Waals surface area contributed by atoms with Crippen LogP contribution in [0.3, 0.4) is 0 Å². The highest BCUT2D eigenvalue weighted by Gasteiger charge is 2.25. The van der Waals surface area contributed by atoms with Crippen molar-refractivity contribution in [1.29, 1.82) is 0 Å². The van der Waals surface area contributed by atoms with E-state index in [0.29, 0.717) is 18.7 Å².